The van der Waals surface area contributed by atoms with Crippen LogP contribution in [0.1, 0.15) is 26.7 Å². The summed E-state index contributed by atoms with van der Waals surface area (Å²) < 4.78 is 5.47. The molecule has 0 aromatic carbocycles. The van der Waals surface area contributed by atoms with Crippen LogP contribution in [0.5, 0.6) is 0 Å². The van der Waals surface area contributed by atoms with Crippen molar-refractivity contribution >= 4 is 12.0 Å². The first-order valence-electron chi connectivity index (χ1n) is 7.61. The van der Waals surface area contributed by atoms with E-state index in [4.69, 9.17) is 9.84 Å². The van der Waals surface area contributed by atoms with Crippen molar-refractivity contribution in [3.63, 3.8) is 0 Å². The first kappa shape index (κ1) is 16.0. The minimum absolute atomic E-state index is 0.0447. The van der Waals surface area contributed by atoms with Gasteiger partial charge in [0.1, 0.15) is 6.04 Å². The maximum absolute atomic E-state index is 12.2. The lowest BCUT2D eigenvalue weighted by Crippen LogP contribution is -2.56. The van der Waals surface area contributed by atoms with Gasteiger partial charge in [-0.25, -0.2) is 4.79 Å². The Morgan fingerprint density at radius 3 is 2.52 bits per heavy atom. The summed E-state index contributed by atoms with van der Waals surface area (Å²) in [7, 11) is 0. The van der Waals surface area contributed by atoms with E-state index in [9.17, 15) is 9.59 Å². The molecule has 2 heterocycles. The molecule has 0 radical (unpaired) electrons. The van der Waals surface area contributed by atoms with Crippen LogP contribution in [0.3, 0.4) is 0 Å². The van der Waals surface area contributed by atoms with E-state index in [1.54, 1.807) is 11.8 Å². The van der Waals surface area contributed by atoms with Crippen molar-refractivity contribution in [3.8, 4) is 0 Å². The van der Waals surface area contributed by atoms with Crippen LogP contribution in [-0.4, -0.2) is 77.9 Å². The van der Waals surface area contributed by atoms with Gasteiger partial charge in [-0.2, -0.15) is 0 Å². The second kappa shape index (κ2) is 7.09. The zero-order chi connectivity index (χ0) is 15.4. The van der Waals surface area contributed by atoms with Gasteiger partial charge in [-0.15, -0.1) is 0 Å². The van der Waals surface area contributed by atoms with Crippen molar-refractivity contribution in [2.24, 2.45) is 0 Å². The standard InChI is InChI=1S/C14H25N3O4/c1-10-9-12(3-8-21-10)15-14(20)17-6-4-16(5-7-17)11(2)13(18)19/h10-12H,3-9H2,1-2H3,(H,15,20)(H,18,19). The molecular formula is C14H25N3O4. The van der Waals surface area contributed by atoms with Crippen LogP contribution in [0.25, 0.3) is 0 Å². The molecular weight excluding hydrogens is 274 g/mol. The lowest BCUT2D eigenvalue weighted by atomic mass is 10.0. The van der Waals surface area contributed by atoms with Crippen molar-refractivity contribution in [2.45, 2.75) is 44.9 Å². The van der Waals surface area contributed by atoms with E-state index in [0.717, 1.165) is 12.8 Å². The molecule has 2 saturated heterocycles. The van der Waals surface area contributed by atoms with E-state index in [1.165, 1.54) is 0 Å². The van der Waals surface area contributed by atoms with Gasteiger partial charge in [0.05, 0.1) is 6.10 Å². The van der Waals surface area contributed by atoms with Crippen molar-refractivity contribution in [1.29, 1.82) is 0 Å². The minimum Gasteiger partial charge on any atom is -0.480 e. The summed E-state index contributed by atoms with van der Waals surface area (Å²) in [5, 5.41) is 12.1. The number of aliphatic carboxylic acids is 1. The van der Waals surface area contributed by atoms with Gasteiger partial charge >= 0.3 is 12.0 Å². The Labute approximate surface area is 125 Å². The van der Waals surface area contributed by atoms with E-state index in [0.29, 0.717) is 32.8 Å². The van der Waals surface area contributed by atoms with Crippen LogP contribution in [0, 0.1) is 0 Å². The first-order valence-corrected chi connectivity index (χ1v) is 7.61. The number of hydrogen-bond donors (Lipinski definition) is 2. The number of carbonyl (C=O) groups excluding carboxylic acids is 1. The van der Waals surface area contributed by atoms with E-state index < -0.39 is 12.0 Å². The second-order valence-electron chi connectivity index (χ2n) is 5.89. The largest absolute Gasteiger partial charge is 0.480 e. The Morgan fingerprint density at radius 2 is 1.95 bits per heavy atom. The molecule has 2 N–H and O–H groups in total. The Bertz CT molecular complexity index is 382. The van der Waals surface area contributed by atoms with Gasteiger partial charge in [-0.3, -0.25) is 9.69 Å². The van der Waals surface area contributed by atoms with Crippen LogP contribution >= 0.6 is 0 Å². The Hall–Kier alpha value is -1.34. The summed E-state index contributed by atoms with van der Waals surface area (Å²) in [5.74, 6) is -0.816. The Kier molecular flexibility index (Phi) is 5.41. The predicted molar refractivity (Wildman–Crippen MR) is 77.2 cm³/mol. The molecule has 2 amide bonds. The highest BCUT2D eigenvalue weighted by molar-refractivity contribution is 5.75. The van der Waals surface area contributed by atoms with Crippen LogP contribution in [-0.2, 0) is 9.53 Å². The molecule has 3 unspecified atom stereocenters. The number of urea groups is 1. The monoisotopic (exact) mass is 299 g/mol. The third-order valence-electron chi connectivity index (χ3n) is 4.32. The summed E-state index contributed by atoms with van der Waals surface area (Å²) in [5.41, 5.74) is 0. The lowest BCUT2D eigenvalue weighted by molar-refractivity contribution is -0.143. The highest BCUT2D eigenvalue weighted by atomic mass is 16.5. The average Bonchev–Trinajstić information content (AvgIpc) is 2.46. The topological polar surface area (TPSA) is 82.1 Å². The molecule has 0 aromatic rings. The molecule has 3 atom stereocenters. The number of rotatable bonds is 3. The fourth-order valence-corrected chi connectivity index (χ4v) is 2.86. The third-order valence-corrected chi connectivity index (χ3v) is 4.32. The molecule has 0 bridgehead atoms. The predicted octanol–water partition coefficient (Wildman–Crippen LogP) is 0.354. The van der Waals surface area contributed by atoms with E-state index in [-0.39, 0.29) is 18.2 Å². The maximum Gasteiger partial charge on any atom is 0.320 e. The first-order chi connectivity index (χ1) is 9.97. The Morgan fingerprint density at radius 1 is 1.29 bits per heavy atom. The molecule has 120 valence electrons. The van der Waals surface area contributed by atoms with E-state index in [1.807, 2.05) is 11.8 Å². The number of hydrogen-bond acceptors (Lipinski definition) is 4. The number of ether oxygens (including phenoxy) is 1. The number of carbonyl (C=O) groups is 2. The van der Waals surface area contributed by atoms with Crippen molar-refractivity contribution in [1.82, 2.24) is 15.1 Å². The van der Waals surface area contributed by atoms with Crippen LogP contribution in [0.4, 0.5) is 4.79 Å². The van der Waals surface area contributed by atoms with E-state index in [2.05, 4.69) is 5.32 Å². The van der Waals surface area contributed by atoms with Crippen molar-refractivity contribution in [2.75, 3.05) is 32.8 Å². The summed E-state index contributed by atoms with van der Waals surface area (Å²) >= 11 is 0. The van der Waals surface area contributed by atoms with Gasteiger partial charge in [0, 0.05) is 38.8 Å². The Balaban J connectivity index is 1.76. The van der Waals surface area contributed by atoms with E-state index >= 15 is 0 Å². The molecule has 2 aliphatic rings. The normalized spacial score (nSPS) is 29.0. The molecule has 2 rings (SSSR count). The molecule has 7 nitrogen and oxygen atoms in total. The number of piperazine rings is 1. The average molecular weight is 299 g/mol. The zero-order valence-corrected chi connectivity index (χ0v) is 12.7. The second-order valence-corrected chi connectivity index (χ2v) is 5.89. The molecule has 0 spiro atoms. The van der Waals surface area contributed by atoms with Crippen LogP contribution < -0.4 is 5.32 Å². The van der Waals surface area contributed by atoms with Gasteiger partial charge in [0.25, 0.3) is 0 Å². The van der Waals surface area contributed by atoms with Gasteiger partial charge in [0.2, 0.25) is 0 Å². The number of amides is 2. The summed E-state index contributed by atoms with van der Waals surface area (Å²) in [4.78, 5) is 26.8. The summed E-state index contributed by atoms with van der Waals surface area (Å²) in [6.07, 6.45) is 1.89. The maximum atomic E-state index is 12.2. The molecule has 7 heteroatoms. The molecule has 2 aliphatic heterocycles. The van der Waals surface area contributed by atoms with Gasteiger partial charge in [-0.1, -0.05) is 0 Å². The fourth-order valence-electron chi connectivity index (χ4n) is 2.86. The molecule has 0 aliphatic carbocycles. The minimum atomic E-state index is -0.816. The number of carboxylic acid groups (broad SMARTS) is 1. The molecule has 2 fully saturated rings. The zero-order valence-electron chi connectivity index (χ0n) is 12.7. The van der Waals surface area contributed by atoms with Crippen LogP contribution in [0.2, 0.25) is 0 Å². The van der Waals surface area contributed by atoms with Crippen molar-refractivity contribution in [3.05, 3.63) is 0 Å². The van der Waals surface area contributed by atoms with Crippen molar-refractivity contribution < 1.29 is 19.4 Å². The number of nitrogens with zero attached hydrogens (tertiary/aromatic N) is 2. The summed E-state index contributed by atoms with van der Waals surface area (Å²) in [6, 6.07) is -0.361. The lowest BCUT2D eigenvalue weighted by Gasteiger charge is -2.37. The number of carboxylic acids is 1. The fraction of sp³-hybridized carbons (Fsp3) is 0.857. The van der Waals surface area contributed by atoms with Crippen LogP contribution in [0.15, 0.2) is 0 Å². The molecule has 0 saturated carbocycles. The SMILES string of the molecule is CC1CC(NC(=O)N2CCN(C(C)C(=O)O)CC2)CCO1. The highest BCUT2D eigenvalue weighted by Crippen LogP contribution is 2.14. The van der Waals surface area contributed by atoms with Gasteiger partial charge in [0.15, 0.2) is 0 Å². The van der Waals surface area contributed by atoms with Gasteiger partial charge in [-0.05, 0) is 26.7 Å². The quantitative estimate of drug-likeness (QED) is 0.786. The molecule has 21 heavy (non-hydrogen) atoms. The molecule has 0 aromatic heterocycles. The smallest absolute Gasteiger partial charge is 0.320 e. The highest BCUT2D eigenvalue weighted by Gasteiger charge is 2.28. The summed E-state index contributed by atoms with van der Waals surface area (Å²) in [6.45, 7) is 6.74. The third kappa shape index (κ3) is 4.31. The number of nitrogens with one attached hydrogen (secondary N) is 1. The van der Waals surface area contributed by atoms with Gasteiger partial charge < -0.3 is 20.1 Å².